The third kappa shape index (κ3) is 4.66. The van der Waals surface area contributed by atoms with Gasteiger partial charge in [0.1, 0.15) is 0 Å². The zero-order valence-electron chi connectivity index (χ0n) is 14.9. The minimum atomic E-state index is -0.250. The summed E-state index contributed by atoms with van der Waals surface area (Å²) in [7, 11) is 1.84. The Hall–Kier alpha value is -2.68. The molecule has 2 aromatic rings. The minimum absolute atomic E-state index is 0.00270. The molecule has 0 bridgehead atoms. The first-order chi connectivity index (χ1) is 11.8. The van der Waals surface area contributed by atoms with Crippen molar-refractivity contribution in [3.8, 4) is 0 Å². The van der Waals surface area contributed by atoms with Crippen molar-refractivity contribution < 1.29 is 14.7 Å². The number of aromatic nitrogens is 4. The van der Waals surface area contributed by atoms with E-state index in [-0.39, 0.29) is 12.4 Å². The molecule has 0 aromatic carbocycles. The molecule has 0 spiro atoms. The van der Waals surface area contributed by atoms with Crippen LogP contribution in [0.15, 0.2) is 12.3 Å². The summed E-state index contributed by atoms with van der Waals surface area (Å²) in [6.45, 7) is 7.84. The standard InChI is InChI=1S/C15H22N6O.CH2O2/c1-10-5-11(2)21(17-10)13-6-20(7-13)9-15(22)16-14-8-19(4)18-12(14)3;2-1-3/h5,8,13H,6-7,9H2,1-4H3,(H,16,22);1H,(H,2,3). The number of carboxylic acid groups (broad SMARTS) is 1. The van der Waals surface area contributed by atoms with Gasteiger partial charge in [-0.05, 0) is 26.8 Å². The first-order valence-electron chi connectivity index (χ1n) is 7.97. The lowest BCUT2D eigenvalue weighted by Gasteiger charge is -2.39. The van der Waals surface area contributed by atoms with Crippen molar-refractivity contribution >= 4 is 18.1 Å². The number of hydrogen-bond acceptors (Lipinski definition) is 5. The molecule has 1 fully saturated rings. The Balaban J connectivity index is 0.000000701. The summed E-state index contributed by atoms with van der Waals surface area (Å²) < 4.78 is 3.77. The van der Waals surface area contributed by atoms with Gasteiger partial charge in [-0.25, -0.2) is 0 Å². The molecule has 3 heterocycles. The van der Waals surface area contributed by atoms with Crippen molar-refractivity contribution in [2.24, 2.45) is 7.05 Å². The molecule has 0 radical (unpaired) electrons. The quantitative estimate of drug-likeness (QED) is 0.790. The smallest absolute Gasteiger partial charge is 0.290 e. The molecule has 2 N–H and O–H groups in total. The van der Waals surface area contributed by atoms with Crippen molar-refractivity contribution in [1.29, 1.82) is 0 Å². The Bertz CT molecular complexity index is 745. The molecule has 9 nitrogen and oxygen atoms in total. The van der Waals surface area contributed by atoms with E-state index in [0.29, 0.717) is 12.6 Å². The molecule has 25 heavy (non-hydrogen) atoms. The highest BCUT2D eigenvalue weighted by molar-refractivity contribution is 5.92. The number of carbonyl (C=O) groups is 2. The highest BCUT2D eigenvalue weighted by Crippen LogP contribution is 2.22. The SMILES string of the molecule is Cc1cc(C)n(C2CN(CC(=O)Nc3cn(C)nc3C)C2)n1.O=CO. The number of aryl methyl sites for hydroxylation is 4. The van der Waals surface area contributed by atoms with Crippen LogP contribution in [-0.4, -0.2) is 61.6 Å². The maximum absolute atomic E-state index is 12.1. The summed E-state index contributed by atoms with van der Waals surface area (Å²) in [5, 5.41) is 18.5. The fourth-order valence-electron chi connectivity index (χ4n) is 2.96. The van der Waals surface area contributed by atoms with Crippen LogP contribution in [0.4, 0.5) is 5.69 Å². The lowest BCUT2D eigenvalue weighted by Crippen LogP contribution is -2.51. The normalized spacial score (nSPS) is 14.4. The number of anilines is 1. The van der Waals surface area contributed by atoms with Crippen LogP contribution >= 0.6 is 0 Å². The number of amides is 1. The van der Waals surface area contributed by atoms with Gasteiger partial charge in [0.2, 0.25) is 5.91 Å². The van der Waals surface area contributed by atoms with Gasteiger partial charge in [-0.3, -0.25) is 23.9 Å². The van der Waals surface area contributed by atoms with Crippen molar-refractivity contribution in [3.63, 3.8) is 0 Å². The Morgan fingerprint density at radius 1 is 1.36 bits per heavy atom. The number of nitrogens with zero attached hydrogens (tertiary/aromatic N) is 5. The van der Waals surface area contributed by atoms with Crippen LogP contribution in [0.3, 0.4) is 0 Å². The Kier molecular flexibility index (Phi) is 5.92. The number of nitrogens with one attached hydrogen (secondary N) is 1. The fourth-order valence-corrected chi connectivity index (χ4v) is 2.96. The lowest BCUT2D eigenvalue weighted by atomic mass is 10.1. The topological polar surface area (TPSA) is 105 Å². The molecule has 1 amide bonds. The van der Waals surface area contributed by atoms with Crippen molar-refractivity contribution in [3.05, 3.63) is 29.3 Å². The fraction of sp³-hybridized carbons (Fsp3) is 0.500. The van der Waals surface area contributed by atoms with E-state index in [9.17, 15) is 4.79 Å². The van der Waals surface area contributed by atoms with E-state index in [4.69, 9.17) is 9.90 Å². The third-order valence-corrected chi connectivity index (χ3v) is 3.98. The largest absolute Gasteiger partial charge is 0.483 e. The maximum atomic E-state index is 12.1. The number of rotatable bonds is 4. The van der Waals surface area contributed by atoms with E-state index < -0.39 is 0 Å². The zero-order valence-corrected chi connectivity index (χ0v) is 14.9. The number of likely N-dealkylation sites (tertiary alicyclic amines) is 1. The van der Waals surface area contributed by atoms with Crippen LogP contribution in [-0.2, 0) is 16.6 Å². The van der Waals surface area contributed by atoms with E-state index in [1.54, 1.807) is 4.68 Å². The number of carbonyl (C=O) groups excluding carboxylic acids is 1. The minimum Gasteiger partial charge on any atom is -0.483 e. The molecule has 1 aliphatic rings. The monoisotopic (exact) mass is 348 g/mol. The average Bonchev–Trinajstić information content (AvgIpc) is 2.96. The highest BCUT2D eigenvalue weighted by atomic mass is 16.3. The summed E-state index contributed by atoms with van der Waals surface area (Å²) in [4.78, 5) is 22.6. The number of hydrogen-bond donors (Lipinski definition) is 2. The molecule has 3 rings (SSSR count). The molecular weight excluding hydrogens is 324 g/mol. The molecule has 9 heteroatoms. The summed E-state index contributed by atoms with van der Waals surface area (Å²) in [6.07, 6.45) is 1.82. The highest BCUT2D eigenvalue weighted by Gasteiger charge is 2.31. The van der Waals surface area contributed by atoms with Crippen molar-refractivity contribution in [2.45, 2.75) is 26.8 Å². The molecule has 1 saturated heterocycles. The van der Waals surface area contributed by atoms with Crippen LogP contribution in [0.25, 0.3) is 0 Å². The Morgan fingerprint density at radius 3 is 2.48 bits per heavy atom. The van der Waals surface area contributed by atoms with Gasteiger partial charge in [0, 0.05) is 32.0 Å². The molecule has 0 unspecified atom stereocenters. The Morgan fingerprint density at radius 2 is 2.00 bits per heavy atom. The third-order valence-electron chi connectivity index (χ3n) is 3.98. The second-order valence-electron chi connectivity index (χ2n) is 6.18. The first kappa shape index (κ1) is 18.7. The van der Waals surface area contributed by atoms with Gasteiger partial charge < -0.3 is 10.4 Å². The van der Waals surface area contributed by atoms with Gasteiger partial charge in [0.05, 0.1) is 29.7 Å². The summed E-state index contributed by atoms with van der Waals surface area (Å²) in [5.74, 6) is 0.00270. The van der Waals surface area contributed by atoms with Gasteiger partial charge in [0.25, 0.3) is 6.47 Å². The molecular formula is C16H24N6O3. The van der Waals surface area contributed by atoms with Crippen LogP contribution in [0.1, 0.15) is 23.1 Å². The van der Waals surface area contributed by atoms with Crippen LogP contribution in [0.2, 0.25) is 0 Å². The van der Waals surface area contributed by atoms with E-state index in [0.717, 1.165) is 30.2 Å². The van der Waals surface area contributed by atoms with Crippen LogP contribution in [0.5, 0.6) is 0 Å². The Labute approximate surface area is 146 Å². The van der Waals surface area contributed by atoms with E-state index in [2.05, 4.69) is 38.1 Å². The van der Waals surface area contributed by atoms with Crippen molar-refractivity contribution in [2.75, 3.05) is 25.0 Å². The average molecular weight is 348 g/mol. The van der Waals surface area contributed by atoms with Gasteiger partial charge in [0.15, 0.2) is 0 Å². The van der Waals surface area contributed by atoms with Crippen molar-refractivity contribution in [1.82, 2.24) is 24.5 Å². The second kappa shape index (κ2) is 7.93. The van der Waals surface area contributed by atoms with Gasteiger partial charge >= 0.3 is 0 Å². The first-order valence-corrected chi connectivity index (χ1v) is 7.97. The molecule has 0 atom stereocenters. The van der Waals surface area contributed by atoms with Gasteiger partial charge in [-0.15, -0.1) is 0 Å². The van der Waals surface area contributed by atoms with E-state index >= 15 is 0 Å². The molecule has 136 valence electrons. The van der Waals surface area contributed by atoms with Gasteiger partial charge in [-0.2, -0.15) is 10.2 Å². The van der Waals surface area contributed by atoms with Crippen LogP contribution < -0.4 is 5.32 Å². The molecule has 1 aliphatic heterocycles. The summed E-state index contributed by atoms with van der Waals surface area (Å²) in [5.41, 5.74) is 3.83. The molecule has 0 aliphatic carbocycles. The predicted molar refractivity (Wildman–Crippen MR) is 92.4 cm³/mol. The van der Waals surface area contributed by atoms with E-state index in [1.807, 2.05) is 27.1 Å². The summed E-state index contributed by atoms with van der Waals surface area (Å²) in [6, 6.07) is 2.46. The van der Waals surface area contributed by atoms with E-state index in [1.165, 1.54) is 5.69 Å². The van der Waals surface area contributed by atoms with Gasteiger partial charge in [-0.1, -0.05) is 0 Å². The lowest BCUT2D eigenvalue weighted by molar-refractivity contribution is -0.123. The maximum Gasteiger partial charge on any atom is 0.290 e. The van der Waals surface area contributed by atoms with Crippen LogP contribution in [0, 0.1) is 20.8 Å². The molecule has 0 saturated carbocycles. The predicted octanol–water partition coefficient (Wildman–Crippen LogP) is 0.738. The zero-order chi connectivity index (χ0) is 18.6. The molecule has 2 aromatic heterocycles. The second-order valence-corrected chi connectivity index (χ2v) is 6.18. The summed E-state index contributed by atoms with van der Waals surface area (Å²) >= 11 is 0.